The maximum Gasteiger partial charge on any atom is 0.229 e. The van der Waals surface area contributed by atoms with Crippen molar-refractivity contribution in [2.75, 3.05) is 36.5 Å². The van der Waals surface area contributed by atoms with E-state index in [0.717, 1.165) is 53.9 Å². The van der Waals surface area contributed by atoms with Crippen LogP contribution < -0.4 is 20.5 Å². The molecular weight excluding hydrogens is 414 g/mol. The molecule has 0 spiro atoms. The van der Waals surface area contributed by atoms with Crippen LogP contribution in [0.2, 0.25) is 0 Å². The Bertz CT molecular complexity index is 1220. The molecule has 0 saturated carbocycles. The van der Waals surface area contributed by atoms with Crippen molar-refractivity contribution in [3.63, 3.8) is 0 Å². The number of benzene rings is 2. The van der Waals surface area contributed by atoms with Gasteiger partial charge in [-0.2, -0.15) is 0 Å². The average molecular weight is 442 g/mol. The topological polar surface area (TPSA) is 102 Å². The third-order valence-corrected chi connectivity index (χ3v) is 5.80. The zero-order valence-electron chi connectivity index (χ0n) is 17.6. The molecule has 31 heavy (non-hydrogen) atoms. The predicted molar refractivity (Wildman–Crippen MR) is 125 cm³/mol. The summed E-state index contributed by atoms with van der Waals surface area (Å²) in [4.78, 5) is 2.14. The number of nitrogens with one attached hydrogen (secondary N) is 2. The molecule has 4 rings (SSSR count). The number of nitrogens with zero attached hydrogens (tertiary/aromatic N) is 2. The number of rotatable bonds is 8. The van der Waals surface area contributed by atoms with E-state index in [1.807, 2.05) is 42.7 Å². The molecule has 1 aliphatic heterocycles. The minimum atomic E-state index is -3.32. The van der Waals surface area contributed by atoms with Gasteiger partial charge < -0.3 is 25.3 Å². The Labute approximate surface area is 182 Å². The third kappa shape index (κ3) is 4.56. The molecule has 0 atom stereocenters. The molecule has 0 saturated heterocycles. The summed E-state index contributed by atoms with van der Waals surface area (Å²) in [5, 5.41) is 4.10. The van der Waals surface area contributed by atoms with Gasteiger partial charge in [0.05, 0.1) is 36.4 Å². The van der Waals surface area contributed by atoms with E-state index < -0.39 is 10.0 Å². The molecule has 4 N–H and O–H groups in total. The van der Waals surface area contributed by atoms with Gasteiger partial charge in [-0.3, -0.25) is 4.72 Å². The van der Waals surface area contributed by atoms with Gasteiger partial charge in [-0.05, 0) is 31.2 Å². The lowest BCUT2D eigenvalue weighted by Gasteiger charge is -2.15. The van der Waals surface area contributed by atoms with Crippen LogP contribution in [0.3, 0.4) is 0 Å². The first-order valence-corrected chi connectivity index (χ1v) is 12.0. The van der Waals surface area contributed by atoms with Crippen LogP contribution in [0.25, 0.3) is 22.2 Å². The lowest BCUT2D eigenvalue weighted by molar-refractivity contribution is 0.259. The number of sulfonamides is 1. The number of ether oxygens (including phenoxy) is 1. The molecule has 0 radical (unpaired) electrons. The van der Waals surface area contributed by atoms with Crippen LogP contribution in [0.15, 0.2) is 54.9 Å². The van der Waals surface area contributed by atoms with Crippen LogP contribution in [0, 0.1) is 0 Å². The SMILES string of the molecule is CCn1c(-c2ccc(NS(C)(=O)=O)cc2)c(N)c2ccc(OCCN3C=CNC3)cc21. The Kier molecular flexibility index (Phi) is 5.69. The normalized spacial score (nSPS) is 13.5. The summed E-state index contributed by atoms with van der Waals surface area (Å²) >= 11 is 0. The standard InChI is InChI=1S/C22H27N5O3S/c1-3-27-20-14-18(30-13-12-26-11-10-24-15-26)8-9-19(20)21(23)22(27)16-4-6-17(7-5-16)25-31(2,28)29/h4-11,14,24-25H,3,12-13,15,23H2,1-2H3. The number of aryl methyl sites for hydroxylation is 1. The Morgan fingerprint density at radius 3 is 2.61 bits per heavy atom. The van der Waals surface area contributed by atoms with Crippen LogP contribution in [-0.2, 0) is 16.6 Å². The van der Waals surface area contributed by atoms with Crippen molar-refractivity contribution >= 4 is 32.3 Å². The van der Waals surface area contributed by atoms with E-state index in [2.05, 4.69) is 26.4 Å². The lowest BCUT2D eigenvalue weighted by Crippen LogP contribution is -2.25. The Morgan fingerprint density at radius 1 is 1.19 bits per heavy atom. The van der Waals surface area contributed by atoms with E-state index in [1.54, 1.807) is 12.1 Å². The molecule has 0 fully saturated rings. The largest absolute Gasteiger partial charge is 0.492 e. The number of aromatic nitrogens is 1. The Balaban J connectivity index is 1.61. The molecule has 0 bridgehead atoms. The minimum Gasteiger partial charge on any atom is -0.492 e. The van der Waals surface area contributed by atoms with Crippen LogP contribution >= 0.6 is 0 Å². The fourth-order valence-corrected chi connectivity index (χ4v) is 4.38. The van der Waals surface area contributed by atoms with Gasteiger partial charge >= 0.3 is 0 Å². The summed E-state index contributed by atoms with van der Waals surface area (Å²) in [6, 6.07) is 13.2. The number of nitrogens with two attached hydrogens (primary N) is 1. The number of hydrogen-bond donors (Lipinski definition) is 3. The average Bonchev–Trinajstić information content (AvgIpc) is 3.33. The summed E-state index contributed by atoms with van der Waals surface area (Å²) in [6.45, 7) is 5.00. The highest BCUT2D eigenvalue weighted by molar-refractivity contribution is 7.92. The first-order chi connectivity index (χ1) is 14.9. The molecule has 164 valence electrons. The van der Waals surface area contributed by atoms with Crippen molar-refractivity contribution in [3.8, 4) is 17.0 Å². The van der Waals surface area contributed by atoms with E-state index in [4.69, 9.17) is 10.5 Å². The van der Waals surface area contributed by atoms with Crippen LogP contribution in [-0.4, -0.2) is 44.0 Å². The summed E-state index contributed by atoms with van der Waals surface area (Å²) in [5.74, 6) is 0.801. The number of nitrogen functional groups attached to an aromatic ring is 1. The Hall–Kier alpha value is -3.33. The quantitative estimate of drug-likeness (QED) is 0.497. The second-order valence-corrected chi connectivity index (χ2v) is 9.22. The van der Waals surface area contributed by atoms with Gasteiger partial charge in [0.2, 0.25) is 10.0 Å². The summed E-state index contributed by atoms with van der Waals surface area (Å²) < 4.78 is 33.5. The van der Waals surface area contributed by atoms with Gasteiger partial charge in [-0.25, -0.2) is 8.42 Å². The molecule has 9 heteroatoms. The monoisotopic (exact) mass is 441 g/mol. The van der Waals surface area contributed by atoms with Gasteiger partial charge in [-0.1, -0.05) is 12.1 Å². The van der Waals surface area contributed by atoms with Gasteiger partial charge in [0.15, 0.2) is 0 Å². The second kappa shape index (κ2) is 8.43. The van der Waals surface area contributed by atoms with Gasteiger partial charge in [-0.15, -0.1) is 0 Å². The van der Waals surface area contributed by atoms with Crippen molar-refractivity contribution in [1.82, 2.24) is 14.8 Å². The molecule has 2 heterocycles. The zero-order chi connectivity index (χ0) is 22.0. The molecular formula is C22H27N5O3S. The van der Waals surface area contributed by atoms with Crippen molar-refractivity contribution < 1.29 is 13.2 Å². The van der Waals surface area contributed by atoms with Gasteiger partial charge in [0.1, 0.15) is 12.4 Å². The van der Waals surface area contributed by atoms with Crippen LogP contribution in [0.4, 0.5) is 11.4 Å². The molecule has 0 aliphatic carbocycles. The third-order valence-electron chi connectivity index (χ3n) is 5.20. The smallest absolute Gasteiger partial charge is 0.229 e. The van der Waals surface area contributed by atoms with E-state index in [1.165, 1.54) is 0 Å². The van der Waals surface area contributed by atoms with Crippen molar-refractivity contribution in [2.24, 2.45) is 0 Å². The highest BCUT2D eigenvalue weighted by atomic mass is 32.2. The number of hydrogen-bond acceptors (Lipinski definition) is 6. The molecule has 0 unspecified atom stereocenters. The fourth-order valence-electron chi connectivity index (χ4n) is 3.81. The number of anilines is 2. The lowest BCUT2D eigenvalue weighted by atomic mass is 10.1. The zero-order valence-corrected chi connectivity index (χ0v) is 18.4. The molecule has 1 aliphatic rings. The van der Waals surface area contributed by atoms with Crippen LogP contribution in [0.1, 0.15) is 6.92 Å². The molecule has 0 amide bonds. The van der Waals surface area contributed by atoms with E-state index in [0.29, 0.717) is 18.0 Å². The fraction of sp³-hybridized carbons (Fsp3) is 0.273. The maximum atomic E-state index is 11.5. The highest BCUT2D eigenvalue weighted by Gasteiger charge is 2.17. The molecule has 2 aromatic carbocycles. The van der Waals surface area contributed by atoms with Gasteiger partial charge in [0.25, 0.3) is 0 Å². The first kappa shape index (κ1) is 20.9. The molecule has 1 aromatic heterocycles. The number of fused-ring (bicyclic) bond motifs is 1. The van der Waals surface area contributed by atoms with E-state index in [-0.39, 0.29) is 0 Å². The second-order valence-electron chi connectivity index (χ2n) is 7.48. The first-order valence-electron chi connectivity index (χ1n) is 10.1. The van der Waals surface area contributed by atoms with Crippen molar-refractivity contribution in [1.29, 1.82) is 0 Å². The summed E-state index contributed by atoms with van der Waals surface area (Å²) in [5.41, 5.74) is 10.6. The predicted octanol–water partition coefficient (Wildman–Crippen LogP) is 2.99. The summed E-state index contributed by atoms with van der Waals surface area (Å²) in [7, 11) is -3.32. The molecule has 8 nitrogen and oxygen atoms in total. The Morgan fingerprint density at radius 2 is 1.97 bits per heavy atom. The van der Waals surface area contributed by atoms with Crippen LogP contribution in [0.5, 0.6) is 5.75 Å². The van der Waals surface area contributed by atoms with E-state index >= 15 is 0 Å². The van der Waals surface area contributed by atoms with E-state index in [9.17, 15) is 8.42 Å². The minimum absolute atomic E-state index is 0.516. The van der Waals surface area contributed by atoms with Gasteiger partial charge in [0, 0.05) is 41.6 Å². The summed E-state index contributed by atoms with van der Waals surface area (Å²) in [6.07, 6.45) is 5.07. The van der Waals surface area contributed by atoms with Crippen molar-refractivity contribution in [2.45, 2.75) is 13.5 Å². The maximum absolute atomic E-state index is 11.5. The van der Waals surface area contributed by atoms with Crippen molar-refractivity contribution in [3.05, 3.63) is 54.9 Å². The molecule has 3 aromatic rings. The highest BCUT2D eigenvalue weighted by Crippen LogP contribution is 2.38.